The van der Waals surface area contributed by atoms with E-state index in [1.807, 2.05) is 31.2 Å². The molecule has 1 atom stereocenters. The molecule has 0 bridgehead atoms. The second kappa shape index (κ2) is 6.16. The van der Waals surface area contributed by atoms with Crippen molar-refractivity contribution in [3.05, 3.63) is 53.9 Å². The van der Waals surface area contributed by atoms with Crippen molar-refractivity contribution in [1.82, 2.24) is 10.3 Å². The summed E-state index contributed by atoms with van der Waals surface area (Å²) in [5.74, 6) is 0.998. The molecule has 0 aliphatic rings. The SMILES string of the molecule is CNC(=O)c1cc(Oc2ccc(C(C)N)cc2)ccn1. The summed E-state index contributed by atoms with van der Waals surface area (Å²) in [5.41, 5.74) is 7.15. The minimum Gasteiger partial charge on any atom is -0.457 e. The molecule has 0 radical (unpaired) electrons. The van der Waals surface area contributed by atoms with Gasteiger partial charge in [0, 0.05) is 25.4 Å². The summed E-state index contributed by atoms with van der Waals surface area (Å²) in [6, 6.07) is 10.8. The minimum atomic E-state index is -0.247. The molecule has 0 fully saturated rings. The molecule has 0 saturated carbocycles. The lowest BCUT2D eigenvalue weighted by Gasteiger charge is -2.09. The maximum atomic E-state index is 11.5. The molecule has 2 aromatic rings. The summed E-state index contributed by atoms with van der Waals surface area (Å²) in [6.07, 6.45) is 1.54. The van der Waals surface area contributed by atoms with Crippen molar-refractivity contribution < 1.29 is 9.53 Å². The highest BCUT2D eigenvalue weighted by molar-refractivity contribution is 5.92. The average Bonchev–Trinajstić information content (AvgIpc) is 2.47. The molecule has 104 valence electrons. The first-order valence-corrected chi connectivity index (χ1v) is 6.31. The summed E-state index contributed by atoms with van der Waals surface area (Å²) in [5, 5.41) is 2.52. The van der Waals surface area contributed by atoms with Gasteiger partial charge in [-0.05, 0) is 30.7 Å². The van der Waals surface area contributed by atoms with Crippen molar-refractivity contribution >= 4 is 5.91 Å². The van der Waals surface area contributed by atoms with Crippen LogP contribution in [0.3, 0.4) is 0 Å². The third-order valence-electron chi connectivity index (χ3n) is 2.83. The highest BCUT2D eigenvalue weighted by atomic mass is 16.5. The maximum Gasteiger partial charge on any atom is 0.269 e. The number of aromatic nitrogens is 1. The molecule has 20 heavy (non-hydrogen) atoms. The van der Waals surface area contributed by atoms with Crippen LogP contribution in [0.15, 0.2) is 42.6 Å². The molecule has 1 aromatic heterocycles. The van der Waals surface area contributed by atoms with Crippen LogP contribution in [-0.4, -0.2) is 17.9 Å². The molecule has 0 aliphatic carbocycles. The molecule has 0 aliphatic heterocycles. The molecule has 1 heterocycles. The van der Waals surface area contributed by atoms with Gasteiger partial charge in [-0.15, -0.1) is 0 Å². The molecular formula is C15H17N3O2. The highest BCUT2D eigenvalue weighted by Gasteiger charge is 2.07. The van der Waals surface area contributed by atoms with E-state index >= 15 is 0 Å². The lowest BCUT2D eigenvalue weighted by atomic mass is 10.1. The fourth-order valence-corrected chi connectivity index (χ4v) is 1.70. The van der Waals surface area contributed by atoms with Crippen molar-refractivity contribution in [2.24, 2.45) is 5.73 Å². The topological polar surface area (TPSA) is 77.2 Å². The number of benzene rings is 1. The van der Waals surface area contributed by atoms with E-state index in [1.165, 1.54) is 6.20 Å². The molecule has 3 N–H and O–H groups in total. The number of nitrogens with two attached hydrogens (primary N) is 1. The number of rotatable bonds is 4. The third-order valence-corrected chi connectivity index (χ3v) is 2.83. The van der Waals surface area contributed by atoms with Crippen LogP contribution in [0.1, 0.15) is 29.0 Å². The third kappa shape index (κ3) is 3.33. The molecule has 1 unspecified atom stereocenters. The van der Waals surface area contributed by atoms with Crippen LogP contribution in [0.4, 0.5) is 0 Å². The van der Waals surface area contributed by atoms with E-state index < -0.39 is 0 Å². The molecule has 5 heteroatoms. The van der Waals surface area contributed by atoms with Gasteiger partial charge >= 0.3 is 0 Å². The quantitative estimate of drug-likeness (QED) is 0.894. The Morgan fingerprint density at radius 3 is 2.55 bits per heavy atom. The predicted molar refractivity (Wildman–Crippen MR) is 76.7 cm³/mol. The smallest absolute Gasteiger partial charge is 0.269 e. The maximum absolute atomic E-state index is 11.5. The van der Waals surface area contributed by atoms with Crippen molar-refractivity contribution in [2.45, 2.75) is 13.0 Å². The lowest BCUT2D eigenvalue weighted by molar-refractivity contribution is 0.0958. The zero-order valence-electron chi connectivity index (χ0n) is 11.5. The van der Waals surface area contributed by atoms with E-state index in [0.717, 1.165) is 5.56 Å². The van der Waals surface area contributed by atoms with Crippen LogP contribution in [0.5, 0.6) is 11.5 Å². The first kappa shape index (κ1) is 14.0. The molecule has 0 saturated heterocycles. The Kier molecular flexibility index (Phi) is 4.32. The number of nitrogens with zero attached hydrogens (tertiary/aromatic N) is 1. The van der Waals surface area contributed by atoms with Gasteiger partial charge in [0.15, 0.2) is 0 Å². The number of carbonyl (C=O) groups is 1. The second-order valence-corrected chi connectivity index (χ2v) is 4.42. The largest absolute Gasteiger partial charge is 0.457 e. The predicted octanol–water partition coefficient (Wildman–Crippen LogP) is 2.25. The zero-order valence-corrected chi connectivity index (χ0v) is 11.5. The van der Waals surface area contributed by atoms with E-state index in [4.69, 9.17) is 10.5 Å². The van der Waals surface area contributed by atoms with E-state index in [1.54, 1.807) is 19.2 Å². The Labute approximate surface area is 117 Å². The lowest BCUT2D eigenvalue weighted by Crippen LogP contribution is -2.18. The van der Waals surface area contributed by atoms with Gasteiger partial charge in [0.2, 0.25) is 0 Å². The average molecular weight is 271 g/mol. The van der Waals surface area contributed by atoms with Crippen molar-refractivity contribution in [2.75, 3.05) is 7.05 Å². The normalized spacial score (nSPS) is 11.8. The Balaban J connectivity index is 2.15. The highest BCUT2D eigenvalue weighted by Crippen LogP contribution is 2.23. The first-order valence-electron chi connectivity index (χ1n) is 6.31. The summed E-state index contributed by atoms with van der Waals surface area (Å²) in [4.78, 5) is 15.5. The molecule has 0 spiro atoms. The molecule has 2 rings (SSSR count). The van der Waals surface area contributed by atoms with Gasteiger partial charge in [-0.25, -0.2) is 0 Å². The summed E-state index contributed by atoms with van der Waals surface area (Å²) >= 11 is 0. The van der Waals surface area contributed by atoms with Gasteiger partial charge in [-0.2, -0.15) is 0 Å². The van der Waals surface area contributed by atoms with Gasteiger partial charge in [-0.1, -0.05) is 12.1 Å². The van der Waals surface area contributed by atoms with Crippen LogP contribution >= 0.6 is 0 Å². The number of amides is 1. The number of nitrogens with one attached hydrogen (secondary N) is 1. The van der Waals surface area contributed by atoms with E-state index in [9.17, 15) is 4.79 Å². The first-order chi connectivity index (χ1) is 9.60. The van der Waals surface area contributed by atoms with E-state index in [-0.39, 0.29) is 11.9 Å². The molecule has 5 nitrogen and oxygen atoms in total. The minimum absolute atomic E-state index is 0.00942. The number of pyridine rings is 1. The Morgan fingerprint density at radius 1 is 1.25 bits per heavy atom. The van der Waals surface area contributed by atoms with Gasteiger partial charge in [0.05, 0.1) is 0 Å². The van der Waals surface area contributed by atoms with Gasteiger partial charge < -0.3 is 15.8 Å². The fourth-order valence-electron chi connectivity index (χ4n) is 1.70. The van der Waals surface area contributed by atoms with Crippen LogP contribution < -0.4 is 15.8 Å². The second-order valence-electron chi connectivity index (χ2n) is 4.42. The number of hydrogen-bond acceptors (Lipinski definition) is 4. The Bertz CT molecular complexity index is 594. The van der Waals surface area contributed by atoms with Crippen LogP contribution in [0, 0.1) is 0 Å². The fraction of sp³-hybridized carbons (Fsp3) is 0.200. The van der Waals surface area contributed by atoms with Crippen LogP contribution in [0.25, 0.3) is 0 Å². The van der Waals surface area contributed by atoms with Crippen molar-refractivity contribution in [3.8, 4) is 11.5 Å². The van der Waals surface area contributed by atoms with Gasteiger partial charge in [0.25, 0.3) is 5.91 Å². The van der Waals surface area contributed by atoms with Crippen LogP contribution in [0.2, 0.25) is 0 Å². The number of carbonyl (C=O) groups excluding carboxylic acids is 1. The monoisotopic (exact) mass is 271 g/mol. The summed E-state index contributed by atoms with van der Waals surface area (Å²) < 4.78 is 5.69. The molecular weight excluding hydrogens is 254 g/mol. The summed E-state index contributed by atoms with van der Waals surface area (Å²) in [7, 11) is 1.56. The Hall–Kier alpha value is -2.40. The standard InChI is InChI=1S/C15H17N3O2/c1-10(16)11-3-5-12(6-4-11)20-13-7-8-18-14(9-13)15(19)17-2/h3-10H,16H2,1-2H3,(H,17,19). The van der Waals surface area contributed by atoms with Crippen molar-refractivity contribution in [1.29, 1.82) is 0 Å². The van der Waals surface area contributed by atoms with Gasteiger partial charge in [-0.3, -0.25) is 9.78 Å². The van der Waals surface area contributed by atoms with Crippen LogP contribution in [-0.2, 0) is 0 Å². The van der Waals surface area contributed by atoms with Gasteiger partial charge in [0.1, 0.15) is 17.2 Å². The van der Waals surface area contributed by atoms with E-state index in [0.29, 0.717) is 17.2 Å². The van der Waals surface area contributed by atoms with Crippen molar-refractivity contribution in [3.63, 3.8) is 0 Å². The summed E-state index contributed by atoms with van der Waals surface area (Å²) in [6.45, 7) is 1.92. The molecule has 1 aromatic carbocycles. The molecule has 1 amide bonds. The number of hydrogen-bond donors (Lipinski definition) is 2. The Morgan fingerprint density at radius 2 is 1.95 bits per heavy atom. The zero-order chi connectivity index (χ0) is 14.5. The number of ether oxygens (including phenoxy) is 1. The van der Waals surface area contributed by atoms with E-state index in [2.05, 4.69) is 10.3 Å².